The van der Waals surface area contributed by atoms with Crippen LogP contribution >= 0.6 is 0 Å². The molecular formula is C10H13N5. The summed E-state index contributed by atoms with van der Waals surface area (Å²) in [6.07, 6.45) is 1.72. The van der Waals surface area contributed by atoms with Gasteiger partial charge in [-0.1, -0.05) is 0 Å². The van der Waals surface area contributed by atoms with Crippen LogP contribution in [0.5, 0.6) is 0 Å². The van der Waals surface area contributed by atoms with Gasteiger partial charge in [0.05, 0.1) is 5.69 Å². The molecule has 78 valence electrons. The standard InChI is InChI=1S/C10H13N5/c1-6-4-5-12-10(9(6)11)15-8(3)13-7(2)14-15/h4-5H,11H2,1-3H3. The van der Waals surface area contributed by atoms with Crippen LogP contribution in [0.1, 0.15) is 17.2 Å². The van der Waals surface area contributed by atoms with Crippen molar-refractivity contribution in [2.24, 2.45) is 0 Å². The first-order chi connectivity index (χ1) is 7.09. The summed E-state index contributed by atoms with van der Waals surface area (Å²) in [6, 6.07) is 1.87. The van der Waals surface area contributed by atoms with E-state index in [2.05, 4.69) is 15.1 Å². The number of pyridine rings is 1. The number of nitrogen functional groups attached to an aromatic ring is 1. The first-order valence-corrected chi connectivity index (χ1v) is 4.71. The number of aromatic nitrogens is 4. The second kappa shape index (κ2) is 3.34. The molecule has 2 aromatic rings. The van der Waals surface area contributed by atoms with Crippen molar-refractivity contribution >= 4 is 5.69 Å². The monoisotopic (exact) mass is 203 g/mol. The number of aryl methyl sites for hydroxylation is 3. The highest BCUT2D eigenvalue weighted by Crippen LogP contribution is 2.18. The Morgan fingerprint density at radius 1 is 1.27 bits per heavy atom. The van der Waals surface area contributed by atoms with Crippen LogP contribution in [0.4, 0.5) is 5.69 Å². The first kappa shape index (κ1) is 9.64. The summed E-state index contributed by atoms with van der Waals surface area (Å²) in [5.41, 5.74) is 7.58. The van der Waals surface area contributed by atoms with Gasteiger partial charge in [-0.15, -0.1) is 5.10 Å². The minimum Gasteiger partial charge on any atom is -0.395 e. The van der Waals surface area contributed by atoms with Crippen LogP contribution in [-0.2, 0) is 0 Å². The van der Waals surface area contributed by atoms with Gasteiger partial charge in [-0.2, -0.15) is 4.68 Å². The fourth-order valence-corrected chi connectivity index (χ4v) is 1.45. The predicted molar refractivity (Wildman–Crippen MR) is 57.8 cm³/mol. The predicted octanol–water partition coefficient (Wildman–Crippen LogP) is 1.17. The Balaban J connectivity index is 2.64. The van der Waals surface area contributed by atoms with Crippen molar-refractivity contribution in [3.05, 3.63) is 29.5 Å². The third kappa shape index (κ3) is 1.56. The van der Waals surface area contributed by atoms with Crippen LogP contribution < -0.4 is 5.73 Å². The molecule has 0 unspecified atom stereocenters. The zero-order chi connectivity index (χ0) is 11.0. The summed E-state index contributed by atoms with van der Waals surface area (Å²) in [7, 11) is 0. The van der Waals surface area contributed by atoms with Crippen molar-refractivity contribution in [2.45, 2.75) is 20.8 Å². The van der Waals surface area contributed by atoms with Crippen LogP contribution in [0.3, 0.4) is 0 Å². The lowest BCUT2D eigenvalue weighted by Gasteiger charge is -2.07. The molecule has 5 nitrogen and oxygen atoms in total. The third-order valence-corrected chi connectivity index (χ3v) is 2.26. The van der Waals surface area contributed by atoms with E-state index in [1.54, 1.807) is 10.9 Å². The van der Waals surface area contributed by atoms with Gasteiger partial charge >= 0.3 is 0 Å². The molecule has 0 fully saturated rings. The molecule has 0 aromatic carbocycles. The number of anilines is 1. The van der Waals surface area contributed by atoms with Gasteiger partial charge in [0.25, 0.3) is 0 Å². The van der Waals surface area contributed by atoms with Crippen LogP contribution in [0, 0.1) is 20.8 Å². The van der Waals surface area contributed by atoms with Crippen molar-refractivity contribution in [1.82, 2.24) is 19.7 Å². The molecule has 0 aliphatic heterocycles. The zero-order valence-electron chi connectivity index (χ0n) is 9.02. The molecular weight excluding hydrogens is 190 g/mol. The number of rotatable bonds is 1. The molecule has 0 amide bonds. The van der Waals surface area contributed by atoms with Gasteiger partial charge in [0.1, 0.15) is 11.6 Å². The highest BCUT2D eigenvalue weighted by atomic mass is 15.4. The molecule has 0 aliphatic carbocycles. The van der Waals surface area contributed by atoms with E-state index in [1.165, 1.54) is 0 Å². The fraction of sp³-hybridized carbons (Fsp3) is 0.300. The molecule has 0 spiro atoms. The zero-order valence-corrected chi connectivity index (χ0v) is 9.02. The number of nitrogens with zero attached hydrogens (tertiary/aromatic N) is 4. The van der Waals surface area contributed by atoms with E-state index in [1.807, 2.05) is 26.8 Å². The summed E-state index contributed by atoms with van der Waals surface area (Å²) < 4.78 is 1.66. The van der Waals surface area contributed by atoms with Crippen LogP contribution in [0.15, 0.2) is 12.3 Å². The van der Waals surface area contributed by atoms with E-state index in [4.69, 9.17) is 5.73 Å². The number of nitrogens with two attached hydrogens (primary N) is 1. The molecule has 0 bridgehead atoms. The molecule has 2 aromatic heterocycles. The number of hydrogen-bond acceptors (Lipinski definition) is 4. The van der Waals surface area contributed by atoms with Gasteiger partial charge in [-0.3, -0.25) is 0 Å². The fourth-order valence-electron chi connectivity index (χ4n) is 1.45. The van der Waals surface area contributed by atoms with E-state index in [0.29, 0.717) is 11.5 Å². The molecule has 2 heterocycles. The van der Waals surface area contributed by atoms with Gasteiger partial charge in [0.2, 0.25) is 0 Å². The second-order valence-electron chi connectivity index (χ2n) is 3.48. The van der Waals surface area contributed by atoms with Gasteiger partial charge in [-0.25, -0.2) is 9.97 Å². The molecule has 0 atom stereocenters. The van der Waals surface area contributed by atoms with Crippen molar-refractivity contribution in [3.63, 3.8) is 0 Å². The first-order valence-electron chi connectivity index (χ1n) is 4.71. The number of hydrogen-bond donors (Lipinski definition) is 1. The third-order valence-electron chi connectivity index (χ3n) is 2.26. The van der Waals surface area contributed by atoms with Crippen molar-refractivity contribution in [2.75, 3.05) is 5.73 Å². The van der Waals surface area contributed by atoms with Gasteiger partial charge in [-0.05, 0) is 32.4 Å². The average Bonchev–Trinajstić information content (AvgIpc) is 2.50. The summed E-state index contributed by atoms with van der Waals surface area (Å²) in [5.74, 6) is 2.15. The maximum Gasteiger partial charge on any atom is 0.178 e. The normalized spacial score (nSPS) is 10.6. The van der Waals surface area contributed by atoms with Crippen LogP contribution in [-0.4, -0.2) is 19.7 Å². The molecule has 15 heavy (non-hydrogen) atoms. The molecule has 0 aliphatic rings. The summed E-state index contributed by atoms with van der Waals surface area (Å²) in [5, 5.41) is 4.25. The smallest absolute Gasteiger partial charge is 0.178 e. The van der Waals surface area contributed by atoms with Crippen molar-refractivity contribution in [3.8, 4) is 5.82 Å². The molecule has 2 N–H and O–H groups in total. The summed E-state index contributed by atoms with van der Waals surface area (Å²) >= 11 is 0. The van der Waals surface area contributed by atoms with E-state index >= 15 is 0 Å². The summed E-state index contributed by atoms with van der Waals surface area (Å²) in [6.45, 7) is 5.67. The Morgan fingerprint density at radius 2 is 2.00 bits per heavy atom. The maximum absolute atomic E-state index is 5.94. The van der Waals surface area contributed by atoms with Crippen molar-refractivity contribution in [1.29, 1.82) is 0 Å². The Hall–Kier alpha value is -1.91. The quantitative estimate of drug-likeness (QED) is 0.755. The minimum absolute atomic E-state index is 0.644. The van der Waals surface area contributed by atoms with Gasteiger partial charge in [0, 0.05) is 6.20 Å². The van der Waals surface area contributed by atoms with E-state index in [9.17, 15) is 0 Å². The Bertz CT molecular complexity index is 501. The Labute approximate surface area is 88.0 Å². The van der Waals surface area contributed by atoms with E-state index in [-0.39, 0.29) is 0 Å². The van der Waals surface area contributed by atoms with Crippen LogP contribution in [0.25, 0.3) is 5.82 Å². The Morgan fingerprint density at radius 3 is 2.60 bits per heavy atom. The average molecular weight is 203 g/mol. The minimum atomic E-state index is 0.644. The molecule has 0 saturated heterocycles. The molecule has 0 saturated carbocycles. The second-order valence-corrected chi connectivity index (χ2v) is 3.48. The Kier molecular flexibility index (Phi) is 2.15. The lowest BCUT2D eigenvalue weighted by atomic mass is 10.2. The molecule has 0 radical (unpaired) electrons. The highest BCUT2D eigenvalue weighted by molar-refractivity contribution is 5.57. The molecule has 5 heteroatoms. The van der Waals surface area contributed by atoms with Gasteiger partial charge in [0.15, 0.2) is 5.82 Å². The SMILES string of the molecule is Cc1nc(C)n(-c2nccc(C)c2N)n1. The van der Waals surface area contributed by atoms with Crippen molar-refractivity contribution < 1.29 is 0 Å². The molecule has 2 rings (SSSR count). The largest absolute Gasteiger partial charge is 0.395 e. The lowest BCUT2D eigenvalue weighted by Crippen LogP contribution is -2.07. The highest BCUT2D eigenvalue weighted by Gasteiger charge is 2.10. The lowest BCUT2D eigenvalue weighted by molar-refractivity contribution is 0.805. The summed E-state index contributed by atoms with van der Waals surface area (Å²) in [4.78, 5) is 8.43. The van der Waals surface area contributed by atoms with Gasteiger partial charge < -0.3 is 5.73 Å². The van der Waals surface area contributed by atoms with Crippen LogP contribution in [0.2, 0.25) is 0 Å². The van der Waals surface area contributed by atoms with E-state index in [0.717, 1.165) is 17.2 Å². The van der Waals surface area contributed by atoms with E-state index < -0.39 is 0 Å². The topological polar surface area (TPSA) is 69.6 Å². The maximum atomic E-state index is 5.94.